The Kier molecular flexibility index (Phi) is 4.11. The molecule has 0 saturated carbocycles. The van der Waals surface area contributed by atoms with E-state index in [-0.39, 0.29) is 6.04 Å². The summed E-state index contributed by atoms with van der Waals surface area (Å²) >= 11 is 12.2. The van der Waals surface area contributed by atoms with Crippen molar-refractivity contribution in [2.45, 2.75) is 6.04 Å². The van der Waals surface area contributed by atoms with Crippen LogP contribution in [-0.4, -0.2) is 12.0 Å². The Morgan fingerprint density at radius 3 is 2.67 bits per heavy atom. The Bertz CT molecular complexity index is 781. The van der Waals surface area contributed by atoms with Gasteiger partial charge in [-0.3, -0.25) is 4.98 Å². The van der Waals surface area contributed by atoms with E-state index in [2.05, 4.69) is 28.5 Å². The number of halogens is 2. The lowest BCUT2D eigenvalue weighted by Crippen LogP contribution is -2.18. The molecule has 1 aromatic heterocycles. The van der Waals surface area contributed by atoms with Crippen molar-refractivity contribution in [1.82, 2.24) is 10.3 Å². The van der Waals surface area contributed by atoms with Crippen LogP contribution >= 0.6 is 23.2 Å². The van der Waals surface area contributed by atoms with Crippen LogP contribution in [0.2, 0.25) is 10.0 Å². The van der Waals surface area contributed by atoms with Crippen LogP contribution in [0.25, 0.3) is 10.8 Å². The van der Waals surface area contributed by atoms with Gasteiger partial charge in [-0.05, 0) is 41.8 Å². The SMILES string of the molecule is CNC(c1ccc(Cl)c(Cl)c1)c1cccc2ccncc12. The van der Waals surface area contributed by atoms with Crippen LogP contribution < -0.4 is 5.32 Å². The van der Waals surface area contributed by atoms with Crippen LogP contribution in [0.3, 0.4) is 0 Å². The number of fused-ring (bicyclic) bond motifs is 1. The highest BCUT2D eigenvalue weighted by Gasteiger charge is 2.15. The molecular weight excluding hydrogens is 303 g/mol. The van der Waals surface area contributed by atoms with E-state index in [1.54, 1.807) is 6.20 Å². The van der Waals surface area contributed by atoms with Gasteiger partial charge in [-0.25, -0.2) is 0 Å². The molecule has 2 aromatic carbocycles. The Hall–Kier alpha value is -1.61. The first kappa shape index (κ1) is 14.3. The van der Waals surface area contributed by atoms with Gasteiger partial charge >= 0.3 is 0 Å². The van der Waals surface area contributed by atoms with Crippen molar-refractivity contribution in [3.63, 3.8) is 0 Å². The smallest absolute Gasteiger partial charge is 0.0595 e. The van der Waals surface area contributed by atoms with E-state index >= 15 is 0 Å². The molecule has 106 valence electrons. The van der Waals surface area contributed by atoms with Gasteiger partial charge < -0.3 is 5.32 Å². The summed E-state index contributed by atoms with van der Waals surface area (Å²) in [6.07, 6.45) is 3.70. The Morgan fingerprint density at radius 1 is 1.05 bits per heavy atom. The molecule has 0 fully saturated rings. The highest BCUT2D eigenvalue weighted by Crippen LogP contribution is 2.31. The number of nitrogens with zero attached hydrogens (tertiary/aromatic N) is 1. The number of hydrogen-bond acceptors (Lipinski definition) is 2. The van der Waals surface area contributed by atoms with Gasteiger partial charge in [0.1, 0.15) is 0 Å². The quantitative estimate of drug-likeness (QED) is 0.747. The maximum absolute atomic E-state index is 6.15. The van der Waals surface area contributed by atoms with Crippen LogP contribution in [0.5, 0.6) is 0 Å². The molecule has 1 heterocycles. The molecule has 21 heavy (non-hydrogen) atoms. The maximum atomic E-state index is 6.15. The van der Waals surface area contributed by atoms with E-state index in [0.717, 1.165) is 10.9 Å². The van der Waals surface area contributed by atoms with Crippen molar-refractivity contribution in [3.05, 3.63) is 76.0 Å². The predicted molar refractivity (Wildman–Crippen MR) is 89.1 cm³/mol. The van der Waals surface area contributed by atoms with Crippen LogP contribution in [-0.2, 0) is 0 Å². The molecule has 2 nitrogen and oxygen atoms in total. The lowest BCUT2D eigenvalue weighted by molar-refractivity contribution is 0.697. The van der Waals surface area contributed by atoms with Crippen molar-refractivity contribution in [3.8, 4) is 0 Å². The number of nitrogens with one attached hydrogen (secondary N) is 1. The topological polar surface area (TPSA) is 24.9 Å². The third-order valence-electron chi connectivity index (χ3n) is 3.59. The van der Waals surface area contributed by atoms with Crippen molar-refractivity contribution in [2.24, 2.45) is 0 Å². The second-order valence-corrected chi connectivity index (χ2v) is 5.65. The minimum Gasteiger partial charge on any atom is -0.309 e. The van der Waals surface area contributed by atoms with Crippen molar-refractivity contribution >= 4 is 34.0 Å². The van der Waals surface area contributed by atoms with Gasteiger partial charge in [-0.15, -0.1) is 0 Å². The molecule has 0 amide bonds. The van der Waals surface area contributed by atoms with Gasteiger partial charge in [0.05, 0.1) is 16.1 Å². The fraction of sp³-hybridized carbons (Fsp3) is 0.118. The first-order valence-electron chi connectivity index (χ1n) is 6.65. The summed E-state index contributed by atoms with van der Waals surface area (Å²) in [6.45, 7) is 0. The molecule has 3 aromatic rings. The molecule has 0 saturated heterocycles. The highest BCUT2D eigenvalue weighted by atomic mass is 35.5. The van der Waals surface area contributed by atoms with Crippen molar-refractivity contribution < 1.29 is 0 Å². The third-order valence-corrected chi connectivity index (χ3v) is 4.33. The van der Waals surface area contributed by atoms with Gasteiger partial charge in [0.2, 0.25) is 0 Å². The summed E-state index contributed by atoms with van der Waals surface area (Å²) in [7, 11) is 1.93. The van der Waals surface area contributed by atoms with Gasteiger partial charge in [0.25, 0.3) is 0 Å². The Balaban J connectivity index is 2.16. The Morgan fingerprint density at radius 2 is 1.90 bits per heavy atom. The number of rotatable bonds is 3. The van der Waals surface area contributed by atoms with Crippen molar-refractivity contribution in [1.29, 1.82) is 0 Å². The maximum Gasteiger partial charge on any atom is 0.0595 e. The molecule has 1 atom stereocenters. The van der Waals surface area contributed by atoms with Gasteiger partial charge in [-0.2, -0.15) is 0 Å². The van der Waals surface area contributed by atoms with E-state index in [9.17, 15) is 0 Å². The number of aromatic nitrogens is 1. The zero-order chi connectivity index (χ0) is 14.8. The minimum absolute atomic E-state index is 0.0349. The summed E-state index contributed by atoms with van der Waals surface area (Å²) in [5.74, 6) is 0. The standard InChI is InChI=1S/C17H14Cl2N2/c1-20-17(12-5-6-15(18)16(19)9-12)13-4-2-3-11-7-8-21-10-14(11)13/h2-10,17,20H,1H3. The zero-order valence-electron chi connectivity index (χ0n) is 11.5. The van der Waals surface area contributed by atoms with Crippen LogP contribution in [0.15, 0.2) is 54.9 Å². The molecule has 3 rings (SSSR count). The molecule has 0 aliphatic carbocycles. The second kappa shape index (κ2) is 6.02. The summed E-state index contributed by atoms with van der Waals surface area (Å²) < 4.78 is 0. The zero-order valence-corrected chi connectivity index (χ0v) is 13.0. The van der Waals surface area contributed by atoms with E-state index in [1.165, 1.54) is 10.9 Å². The average molecular weight is 317 g/mol. The molecule has 4 heteroatoms. The summed E-state index contributed by atoms with van der Waals surface area (Å²) in [4.78, 5) is 4.24. The second-order valence-electron chi connectivity index (χ2n) is 4.84. The van der Waals surface area contributed by atoms with Gasteiger partial charge in [0.15, 0.2) is 0 Å². The normalized spacial score (nSPS) is 12.5. The largest absolute Gasteiger partial charge is 0.309 e. The van der Waals surface area contributed by atoms with Crippen LogP contribution in [0, 0.1) is 0 Å². The minimum atomic E-state index is 0.0349. The lowest BCUT2D eigenvalue weighted by Gasteiger charge is -2.19. The van der Waals surface area contributed by atoms with Crippen molar-refractivity contribution in [2.75, 3.05) is 7.05 Å². The van der Waals surface area contributed by atoms with Gasteiger partial charge in [0, 0.05) is 17.8 Å². The molecule has 0 aliphatic heterocycles. The van der Waals surface area contributed by atoms with Crippen LogP contribution in [0.1, 0.15) is 17.2 Å². The van der Waals surface area contributed by atoms with Gasteiger partial charge in [-0.1, -0.05) is 47.5 Å². The summed E-state index contributed by atoms with van der Waals surface area (Å²) in [6, 6.07) is 14.0. The monoisotopic (exact) mass is 316 g/mol. The molecule has 0 bridgehead atoms. The van der Waals surface area contributed by atoms with Crippen LogP contribution in [0.4, 0.5) is 0 Å². The lowest BCUT2D eigenvalue weighted by atomic mass is 9.95. The Labute approximate surface area is 133 Å². The fourth-order valence-electron chi connectivity index (χ4n) is 2.58. The summed E-state index contributed by atoms with van der Waals surface area (Å²) in [5.41, 5.74) is 2.24. The molecule has 1 N–H and O–H groups in total. The molecular formula is C17H14Cl2N2. The van der Waals surface area contributed by atoms with E-state index in [1.807, 2.05) is 37.5 Å². The molecule has 0 spiro atoms. The fourth-order valence-corrected chi connectivity index (χ4v) is 2.89. The summed E-state index contributed by atoms with van der Waals surface area (Å²) in [5, 5.41) is 6.77. The number of pyridine rings is 1. The third kappa shape index (κ3) is 2.75. The first-order chi connectivity index (χ1) is 10.2. The van der Waals surface area contributed by atoms with E-state index in [0.29, 0.717) is 10.0 Å². The average Bonchev–Trinajstić information content (AvgIpc) is 2.52. The predicted octanol–water partition coefficient (Wildman–Crippen LogP) is 4.85. The molecule has 0 aliphatic rings. The number of benzene rings is 2. The highest BCUT2D eigenvalue weighted by molar-refractivity contribution is 6.42. The molecule has 1 unspecified atom stereocenters. The van der Waals surface area contributed by atoms with E-state index in [4.69, 9.17) is 23.2 Å². The van der Waals surface area contributed by atoms with E-state index < -0.39 is 0 Å². The number of hydrogen-bond donors (Lipinski definition) is 1. The molecule has 0 radical (unpaired) electrons. The first-order valence-corrected chi connectivity index (χ1v) is 7.41.